The summed E-state index contributed by atoms with van der Waals surface area (Å²) in [6.07, 6.45) is -4.08. The topological polar surface area (TPSA) is 83.5 Å². The lowest BCUT2D eigenvalue weighted by Crippen LogP contribution is -2.61. The van der Waals surface area contributed by atoms with Gasteiger partial charge < -0.3 is 15.4 Å². The smallest absolute Gasteiger partial charge is 0.362 e. The molecule has 4 N–H and O–H groups in total. The molecule has 2 heterocycles. The van der Waals surface area contributed by atoms with Gasteiger partial charge in [0.2, 0.25) is 0 Å². The Morgan fingerprint density at radius 1 is 1.63 bits per heavy atom. The maximum atomic E-state index is 12.9. The second-order valence-electron chi connectivity index (χ2n) is 4.42. The van der Waals surface area contributed by atoms with E-state index in [2.05, 4.69) is 5.43 Å². The van der Waals surface area contributed by atoms with Gasteiger partial charge in [0.1, 0.15) is 0 Å². The number of carbonyl (C=O) groups is 1. The molecular formula is C10H13F3N4O2. The fourth-order valence-corrected chi connectivity index (χ4v) is 2.18. The molecule has 1 aliphatic rings. The van der Waals surface area contributed by atoms with Gasteiger partial charge in [-0.3, -0.25) is 0 Å². The van der Waals surface area contributed by atoms with Crippen LogP contribution in [0.1, 0.15) is 18.2 Å². The molecule has 1 fully saturated rings. The maximum absolute atomic E-state index is 12.9. The molecule has 2 atom stereocenters. The van der Waals surface area contributed by atoms with Gasteiger partial charge in [-0.05, 0) is 12.1 Å². The van der Waals surface area contributed by atoms with Gasteiger partial charge in [-0.1, -0.05) is 0 Å². The molecule has 106 valence electrons. The number of hydrazine groups is 1. The number of rotatable bonds is 1. The first-order chi connectivity index (χ1) is 8.67. The predicted octanol–water partition coefficient (Wildman–Crippen LogP) is 0.606. The molecule has 0 spiro atoms. The summed E-state index contributed by atoms with van der Waals surface area (Å²) in [5, 5.41) is 9.78. The average Bonchev–Trinajstić information content (AvgIpc) is 2.81. The zero-order valence-electron chi connectivity index (χ0n) is 9.98. The molecule has 6 nitrogen and oxygen atoms in total. The quantitative estimate of drug-likeness (QED) is 0.703. The fourth-order valence-electron chi connectivity index (χ4n) is 2.18. The van der Waals surface area contributed by atoms with Gasteiger partial charge in [-0.15, -0.1) is 0 Å². The van der Waals surface area contributed by atoms with E-state index >= 15 is 0 Å². The van der Waals surface area contributed by atoms with Gasteiger partial charge in [-0.25, -0.2) is 15.2 Å². The first-order valence-corrected chi connectivity index (χ1v) is 5.43. The number of primary amides is 1. The van der Waals surface area contributed by atoms with Gasteiger partial charge in [0, 0.05) is 25.4 Å². The number of urea groups is 1. The van der Waals surface area contributed by atoms with Crippen molar-refractivity contribution in [3.05, 3.63) is 24.0 Å². The summed E-state index contributed by atoms with van der Waals surface area (Å²) in [5.41, 5.74) is 4.37. The average molecular weight is 278 g/mol. The Morgan fingerprint density at radius 3 is 2.63 bits per heavy atom. The maximum Gasteiger partial charge on any atom is 0.438 e. The number of aliphatic hydroxyl groups is 1. The molecule has 2 rings (SSSR count). The third-order valence-electron chi connectivity index (χ3n) is 3.16. The predicted molar refractivity (Wildman–Crippen MR) is 58.3 cm³/mol. The van der Waals surface area contributed by atoms with Crippen molar-refractivity contribution in [1.82, 2.24) is 15.0 Å². The van der Waals surface area contributed by atoms with Crippen LogP contribution in [0.15, 0.2) is 18.3 Å². The summed E-state index contributed by atoms with van der Waals surface area (Å²) in [6, 6.07) is 0.992. The number of hydrogen-bond donors (Lipinski definition) is 3. The van der Waals surface area contributed by atoms with E-state index in [1.54, 1.807) is 29.9 Å². The molecule has 2 amide bonds. The number of nitrogens with one attached hydrogen (secondary N) is 1. The third-order valence-corrected chi connectivity index (χ3v) is 3.16. The molecule has 0 aliphatic carbocycles. The number of alkyl halides is 3. The largest absolute Gasteiger partial charge is 0.438 e. The van der Waals surface area contributed by atoms with E-state index in [4.69, 9.17) is 5.73 Å². The Morgan fingerprint density at radius 2 is 2.26 bits per heavy atom. The van der Waals surface area contributed by atoms with Crippen molar-refractivity contribution in [2.45, 2.75) is 24.4 Å². The van der Waals surface area contributed by atoms with Crippen LogP contribution in [0.3, 0.4) is 0 Å². The number of nitrogens with two attached hydrogens (primary N) is 1. The first-order valence-electron chi connectivity index (χ1n) is 5.43. The molecule has 1 aromatic rings. The SMILES string of the molecule is Cn1cccc1[C@@H]1C[C@@](O)(C(F)(F)F)N(C(N)=O)N1. The molecular weight excluding hydrogens is 265 g/mol. The minimum Gasteiger partial charge on any atom is -0.362 e. The summed E-state index contributed by atoms with van der Waals surface area (Å²) < 4.78 is 40.4. The van der Waals surface area contributed by atoms with Gasteiger partial charge in [0.05, 0.1) is 6.04 Å². The monoisotopic (exact) mass is 278 g/mol. The highest BCUT2D eigenvalue weighted by atomic mass is 19.4. The van der Waals surface area contributed by atoms with Crippen LogP contribution < -0.4 is 11.2 Å². The van der Waals surface area contributed by atoms with Crippen LogP contribution in [0.2, 0.25) is 0 Å². The zero-order chi connectivity index (χ0) is 14.4. The molecule has 0 unspecified atom stereocenters. The minimum atomic E-state index is -5.01. The van der Waals surface area contributed by atoms with E-state index in [9.17, 15) is 23.1 Å². The van der Waals surface area contributed by atoms with E-state index < -0.39 is 30.4 Å². The Kier molecular flexibility index (Phi) is 2.98. The first kappa shape index (κ1) is 13.7. The highest BCUT2D eigenvalue weighted by Crippen LogP contribution is 2.43. The molecule has 1 saturated heterocycles. The number of nitrogens with zero attached hydrogens (tertiary/aromatic N) is 2. The van der Waals surface area contributed by atoms with Crippen molar-refractivity contribution in [2.24, 2.45) is 12.8 Å². The third kappa shape index (κ3) is 2.04. The van der Waals surface area contributed by atoms with Gasteiger partial charge >= 0.3 is 12.2 Å². The lowest BCUT2D eigenvalue weighted by Gasteiger charge is -2.32. The Balaban J connectivity index is 2.37. The van der Waals surface area contributed by atoms with E-state index in [0.717, 1.165) is 0 Å². The lowest BCUT2D eigenvalue weighted by atomic mass is 10.0. The summed E-state index contributed by atoms with van der Waals surface area (Å²) in [5.74, 6) is 0. The molecule has 19 heavy (non-hydrogen) atoms. The highest BCUT2D eigenvalue weighted by molar-refractivity contribution is 5.72. The van der Waals surface area contributed by atoms with Crippen LogP contribution >= 0.6 is 0 Å². The lowest BCUT2D eigenvalue weighted by molar-refractivity contribution is -0.299. The molecule has 1 aromatic heterocycles. The Labute approximate surface area is 106 Å². The second-order valence-corrected chi connectivity index (χ2v) is 4.42. The number of amides is 2. The van der Waals surface area contributed by atoms with Crippen LogP contribution in [-0.4, -0.2) is 32.6 Å². The molecule has 9 heteroatoms. The van der Waals surface area contributed by atoms with Crippen molar-refractivity contribution < 1.29 is 23.1 Å². The number of hydrogen-bond acceptors (Lipinski definition) is 3. The number of halogens is 3. The van der Waals surface area contributed by atoms with Crippen molar-refractivity contribution in [3.63, 3.8) is 0 Å². The summed E-state index contributed by atoms with van der Waals surface area (Å²) in [7, 11) is 1.65. The van der Waals surface area contributed by atoms with Crippen LogP contribution in [-0.2, 0) is 7.05 Å². The van der Waals surface area contributed by atoms with Crippen molar-refractivity contribution in [3.8, 4) is 0 Å². The molecule has 0 aromatic carbocycles. The zero-order valence-corrected chi connectivity index (χ0v) is 9.98. The van der Waals surface area contributed by atoms with E-state index in [1.807, 2.05) is 0 Å². The van der Waals surface area contributed by atoms with E-state index in [1.165, 1.54) is 0 Å². The highest BCUT2D eigenvalue weighted by Gasteiger charge is 2.64. The standard InChI is InChI=1S/C10H13F3N4O2/c1-16-4-2-3-7(16)6-5-9(19,10(11,12)13)17(15-6)8(14)18/h2-4,6,15,19H,5H2,1H3,(H2,14,18)/t6-,9+/m0/s1. The molecule has 0 bridgehead atoms. The van der Waals surface area contributed by atoms with Crippen LogP contribution in [0.25, 0.3) is 0 Å². The van der Waals surface area contributed by atoms with Gasteiger partial charge in [-0.2, -0.15) is 13.2 Å². The van der Waals surface area contributed by atoms with Crippen LogP contribution in [0.5, 0.6) is 0 Å². The Hall–Kier alpha value is -1.74. The fraction of sp³-hybridized carbons (Fsp3) is 0.500. The van der Waals surface area contributed by atoms with Gasteiger partial charge in [0.25, 0.3) is 5.72 Å². The van der Waals surface area contributed by atoms with Crippen molar-refractivity contribution in [1.29, 1.82) is 0 Å². The van der Waals surface area contributed by atoms with E-state index in [0.29, 0.717) is 5.69 Å². The van der Waals surface area contributed by atoms with Gasteiger partial charge in [0.15, 0.2) is 0 Å². The summed E-state index contributed by atoms with van der Waals surface area (Å²) in [4.78, 5) is 11.1. The van der Waals surface area contributed by atoms with Crippen LogP contribution in [0, 0.1) is 0 Å². The number of aromatic nitrogens is 1. The number of carbonyl (C=O) groups excluding carboxylic acids is 1. The molecule has 1 aliphatic heterocycles. The normalized spacial score (nSPS) is 27.8. The second kappa shape index (κ2) is 4.14. The van der Waals surface area contributed by atoms with Crippen LogP contribution in [0.4, 0.5) is 18.0 Å². The minimum absolute atomic E-state index is 0.0324. The van der Waals surface area contributed by atoms with Crippen molar-refractivity contribution >= 4 is 6.03 Å². The summed E-state index contributed by atoms with van der Waals surface area (Å²) in [6.45, 7) is 0. The van der Waals surface area contributed by atoms with Crippen molar-refractivity contribution in [2.75, 3.05) is 0 Å². The molecule has 0 radical (unpaired) electrons. The number of aryl methyl sites for hydroxylation is 1. The Bertz CT molecular complexity index is 501. The van der Waals surface area contributed by atoms with E-state index in [-0.39, 0.29) is 5.01 Å². The molecule has 0 saturated carbocycles. The summed E-state index contributed by atoms with van der Waals surface area (Å²) >= 11 is 0.